The van der Waals surface area contributed by atoms with Gasteiger partial charge >= 0.3 is 6.03 Å². The number of rotatable bonds is 5. The van der Waals surface area contributed by atoms with E-state index in [2.05, 4.69) is 10.6 Å². The fourth-order valence-corrected chi connectivity index (χ4v) is 1.52. The molecule has 1 aromatic carbocycles. The minimum absolute atomic E-state index is 0.435. The average molecular weight is 280 g/mol. The van der Waals surface area contributed by atoms with E-state index in [0.717, 1.165) is 0 Å². The normalized spacial score (nSPS) is 13.2. The van der Waals surface area contributed by atoms with Crippen LogP contribution in [0.3, 0.4) is 0 Å². The van der Waals surface area contributed by atoms with Gasteiger partial charge in [-0.3, -0.25) is 10.1 Å². The van der Waals surface area contributed by atoms with Crippen LogP contribution in [0, 0.1) is 0 Å². The van der Waals surface area contributed by atoms with Crippen LogP contribution >= 0.6 is 0 Å². The third-order valence-electron chi connectivity index (χ3n) is 2.60. The number of hydrogen-bond acceptors (Lipinski definition) is 4. The summed E-state index contributed by atoms with van der Waals surface area (Å²) in [7, 11) is 0. The van der Waals surface area contributed by atoms with Crippen LogP contribution in [-0.4, -0.2) is 29.7 Å². The van der Waals surface area contributed by atoms with Gasteiger partial charge in [-0.05, 0) is 38.5 Å². The minimum Gasteiger partial charge on any atom is -0.481 e. The summed E-state index contributed by atoms with van der Waals surface area (Å²) in [6.45, 7) is 5.38. The van der Waals surface area contributed by atoms with Gasteiger partial charge in [-0.1, -0.05) is 12.1 Å². The number of imide groups is 1. The van der Waals surface area contributed by atoms with E-state index in [0.29, 0.717) is 17.9 Å². The lowest BCUT2D eigenvalue weighted by atomic mass is 10.1. The molecular weight excluding hydrogens is 260 g/mol. The SMILES string of the molecule is CCNC(=O)NC(=O)C(C)Oc1cccc([C@H](C)O)c1. The van der Waals surface area contributed by atoms with Gasteiger partial charge in [0.1, 0.15) is 5.75 Å². The van der Waals surface area contributed by atoms with Gasteiger partial charge in [-0.2, -0.15) is 0 Å². The topological polar surface area (TPSA) is 87.7 Å². The number of benzene rings is 1. The molecule has 0 spiro atoms. The summed E-state index contributed by atoms with van der Waals surface area (Å²) in [4.78, 5) is 22.9. The van der Waals surface area contributed by atoms with Crippen molar-refractivity contribution in [3.63, 3.8) is 0 Å². The van der Waals surface area contributed by atoms with Gasteiger partial charge in [0.15, 0.2) is 6.10 Å². The maximum atomic E-state index is 11.7. The molecule has 0 bridgehead atoms. The van der Waals surface area contributed by atoms with E-state index < -0.39 is 24.1 Å². The monoisotopic (exact) mass is 280 g/mol. The number of amides is 3. The second-order valence-corrected chi connectivity index (χ2v) is 4.36. The zero-order chi connectivity index (χ0) is 15.1. The molecule has 0 fully saturated rings. The van der Waals surface area contributed by atoms with Crippen LogP contribution in [0.1, 0.15) is 32.4 Å². The average Bonchev–Trinajstić information content (AvgIpc) is 2.39. The first-order valence-corrected chi connectivity index (χ1v) is 6.47. The molecule has 0 heterocycles. The van der Waals surface area contributed by atoms with Crippen LogP contribution in [0.25, 0.3) is 0 Å². The van der Waals surface area contributed by atoms with Crippen LogP contribution in [0.5, 0.6) is 5.75 Å². The highest BCUT2D eigenvalue weighted by Crippen LogP contribution is 2.19. The number of aliphatic hydroxyl groups excluding tert-OH is 1. The molecule has 3 N–H and O–H groups in total. The highest BCUT2D eigenvalue weighted by Gasteiger charge is 2.17. The zero-order valence-corrected chi connectivity index (χ0v) is 11.8. The summed E-state index contributed by atoms with van der Waals surface area (Å²) in [6.07, 6.45) is -1.43. The molecule has 2 atom stereocenters. The number of carbonyl (C=O) groups excluding carboxylic acids is 2. The molecule has 0 aliphatic carbocycles. The van der Waals surface area contributed by atoms with E-state index in [9.17, 15) is 14.7 Å². The number of nitrogens with one attached hydrogen (secondary N) is 2. The molecule has 1 unspecified atom stereocenters. The number of urea groups is 1. The second-order valence-electron chi connectivity index (χ2n) is 4.36. The highest BCUT2D eigenvalue weighted by atomic mass is 16.5. The molecule has 0 aliphatic rings. The summed E-state index contributed by atoms with van der Waals surface area (Å²) in [5.74, 6) is -0.0691. The van der Waals surface area contributed by atoms with Gasteiger partial charge in [0.05, 0.1) is 6.10 Å². The number of hydrogen-bond donors (Lipinski definition) is 3. The smallest absolute Gasteiger partial charge is 0.321 e. The van der Waals surface area contributed by atoms with E-state index in [-0.39, 0.29) is 0 Å². The van der Waals surface area contributed by atoms with Crippen molar-refractivity contribution in [2.24, 2.45) is 0 Å². The molecule has 6 nitrogen and oxygen atoms in total. The molecule has 0 aliphatic heterocycles. The lowest BCUT2D eigenvalue weighted by molar-refractivity contribution is -0.126. The molecule has 0 radical (unpaired) electrons. The van der Waals surface area contributed by atoms with Crippen molar-refractivity contribution in [1.82, 2.24) is 10.6 Å². The van der Waals surface area contributed by atoms with Crippen molar-refractivity contribution in [3.8, 4) is 5.75 Å². The molecule has 0 aromatic heterocycles. The molecule has 6 heteroatoms. The minimum atomic E-state index is -0.818. The molecule has 3 amide bonds. The highest BCUT2D eigenvalue weighted by molar-refractivity contribution is 5.96. The summed E-state index contributed by atoms with van der Waals surface area (Å²) in [5.41, 5.74) is 0.693. The van der Waals surface area contributed by atoms with Gasteiger partial charge in [-0.25, -0.2) is 4.79 Å². The van der Waals surface area contributed by atoms with Crippen molar-refractivity contribution in [2.45, 2.75) is 33.0 Å². The molecule has 20 heavy (non-hydrogen) atoms. The van der Waals surface area contributed by atoms with E-state index in [1.807, 2.05) is 0 Å². The van der Waals surface area contributed by atoms with Gasteiger partial charge in [0, 0.05) is 6.54 Å². The van der Waals surface area contributed by atoms with Crippen molar-refractivity contribution in [1.29, 1.82) is 0 Å². The Labute approximate surface area is 118 Å². The summed E-state index contributed by atoms with van der Waals surface area (Å²) >= 11 is 0. The lowest BCUT2D eigenvalue weighted by Gasteiger charge is -2.15. The van der Waals surface area contributed by atoms with E-state index in [4.69, 9.17) is 4.74 Å². The van der Waals surface area contributed by atoms with E-state index in [1.165, 1.54) is 0 Å². The summed E-state index contributed by atoms with van der Waals surface area (Å²) in [5, 5.41) is 14.1. The number of carbonyl (C=O) groups is 2. The van der Waals surface area contributed by atoms with Crippen molar-refractivity contribution < 1.29 is 19.4 Å². The van der Waals surface area contributed by atoms with Crippen LogP contribution in [0.2, 0.25) is 0 Å². The van der Waals surface area contributed by atoms with E-state index >= 15 is 0 Å². The Hall–Kier alpha value is -2.08. The predicted molar refractivity (Wildman–Crippen MR) is 74.4 cm³/mol. The first-order chi connectivity index (χ1) is 9.43. The van der Waals surface area contributed by atoms with E-state index in [1.54, 1.807) is 45.0 Å². The molecule has 1 rings (SSSR count). The Balaban J connectivity index is 2.61. The fraction of sp³-hybridized carbons (Fsp3) is 0.429. The maximum Gasteiger partial charge on any atom is 0.321 e. The van der Waals surface area contributed by atoms with Crippen LogP contribution in [-0.2, 0) is 4.79 Å². The second kappa shape index (κ2) is 7.49. The Morgan fingerprint density at radius 3 is 2.65 bits per heavy atom. The Morgan fingerprint density at radius 2 is 2.05 bits per heavy atom. The Bertz CT molecular complexity index is 474. The third kappa shape index (κ3) is 4.89. The molecule has 110 valence electrons. The maximum absolute atomic E-state index is 11.7. The Kier molecular flexibility index (Phi) is 5.99. The first-order valence-electron chi connectivity index (χ1n) is 6.47. The fourth-order valence-electron chi connectivity index (χ4n) is 1.52. The van der Waals surface area contributed by atoms with Crippen LogP contribution in [0.15, 0.2) is 24.3 Å². The van der Waals surface area contributed by atoms with Crippen molar-refractivity contribution in [3.05, 3.63) is 29.8 Å². The predicted octanol–water partition coefficient (Wildman–Crippen LogP) is 1.35. The lowest BCUT2D eigenvalue weighted by Crippen LogP contribution is -2.45. The molecular formula is C14H20N2O4. The van der Waals surface area contributed by atoms with Crippen LogP contribution in [0.4, 0.5) is 4.79 Å². The quantitative estimate of drug-likeness (QED) is 0.759. The van der Waals surface area contributed by atoms with Crippen LogP contribution < -0.4 is 15.4 Å². The summed E-state index contributed by atoms with van der Waals surface area (Å²) in [6, 6.07) is 6.27. The summed E-state index contributed by atoms with van der Waals surface area (Å²) < 4.78 is 5.44. The molecule has 1 aromatic rings. The van der Waals surface area contributed by atoms with Gasteiger partial charge in [-0.15, -0.1) is 0 Å². The third-order valence-corrected chi connectivity index (χ3v) is 2.60. The molecule has 0 saturated heterocycles. The van der Waals surface area contributed by atoms with Crippen molar-refractivity contribution >= 4 is 11.9 Å². The molecule has 0 saturated carbocycles. The number of ether oxygens (including phenoxy) is 1. The standard InChI is InChI=1S/C14H20N2O4/c1-4-15-14(19)16-13(18)10(3)20-12-7-5-6-11(8-12)9(2)17/h5-10,17H,4H2,1-3H3,(H2,15,16,18,19)/t9-,10?/m0/s1. The number of aliphatic hydroxyl groups is 1. The largest absolute Gasteiger partial charge is 0.481 e. The Morgan fingerprint density at radius 1 is 1.35 bits per heavy atom. The van der Waals surface area contributed by atoms with Gasteiger partial charge < -0.3 is 15.2 Å². The zero-order valence-electron chi connectivity index (χ0n) is 11.8. The van der Waals surface area contributed by atoms with Gasteiger partial charge in [0.25, 0.3) is 5.91 Å². The first kappa shape index (κ1) is 16.0. The van der Waals surface area contributed by atoms with Gasteiger partial charge in [0.2, 0.25) is 0 Å². The van der Waals surface area contributed by atoms with Crippen molar-refractivity contribution in [2.75, 3.05) is 6.54 Å².